The fraction of sp³-hybridized carbons (Fsp3) is 0.750. The maximum atomic E-state index is 10.7. The summed E-state index contributed by atoms with van der Waals surface area (Å²) in [5, 5.41) is 8.38. The zero-order valence-corrected chi connectivity index (χ0v) is 7.54. The number of carboxylic acids is 1. The van der Waals surface area contributed by atoms with Crippen LogP contribution < -0.4 is 0 Å². The Balaban J connectivity index is 3.67. The largest absolute Gasteiger partial charge is 0.481 e. The first kappa shape index (κ1) is 11.1. The van der Waals surface area contributed by atoms with Crippen molar-refractivity contribution in [2.24, 2.45) is 0 Å². The van der Waals surface area contributed by atoms with Crippen molar-refractivity contribution in [3.63, 3.8) is 0 Å². The molecule has 0 fully saturated rings. The van der Waals surface area contributed by atoms with Crippen LogP contribution >= 0.6 is 0 Å². The molecule has 0 aromatic heterocycles. The third-order valence-electron chi connectivity index (χ3n) is 1.54. The van der Waals surface area contributed by atoms with Crippen molar-refractivity contribution in [3.8, 4) is 0 Å². The van der Waals surface area contributed by atoms with Gasteiger partial charge < -0.3 is 5.11 Å². The van der Waals surface area contributed by atoms with Crippen molar-refractivity contribution in [2.75, 3.05) is 19.6 Å². The molecule has 0 saturated heterocycles. The van der Waals surface area contributed by atoms with E-state index in [2.05, 4.69) is 0 Å². The van der Waals surface area contributed by atoms with Crippen molar-refractivity contribution in [2.45, 2.75) is 20.3 Å². The molecule has 0 aliphatic heterocycles. The van der Waals surface area contributed by atoms with E-state index in [4.69, 9.17) is 5.11 Å². The van der Waals surface area contributed by atoms with Gasteiger partial charge in [-0.2, -0.15) is 0 Å². The molecular formula is C8H15NO3. The first-order valence-corrected chi connectivity index (χ1v) is 3.99. The van der Waals surface area contributed by atoms with Crippen LogP contribution in [0.5, 0.6) is 0 Å². The third kappa shape index (κ3) is 5.85. The predicted molar refractivity (Wildman–Crippen MR) is 45.0 cm³/mol. The van der Waals surface area contributed by atoms with Crippen molar-refractivity contribution in [3.05, 3.63) is 0 Å². The molecule has 12 heavy (non-hydrogen) atoms. The normalized spacial score (nSPS) is 10.2. The van der Waals surface area contributed by atoms with Gasteiger partial charge in [-0.25, -0.2) is 0 Å². The molecule has 0 bridgehead atoms. The van der Waals surface area contributed by atoms with Gasteiger partial charge in [0.15, 0.2) is 0 Å². The Bertz CT molecular complexity index is 168. The maximum Gasteiger partial charge on any atom is 0.304 e. The van der Waals surface area contributed by atoms with E-state index in [1.165, 1.54) is 6.92 Å². The van der Waals surface area contributed by atoms with E-state index in [1.54, 1.807) is 0 Å². The Morgan fingerprint density at radius 2 is 2.00 bits per heavy atom. The predicted octanol–water partition coefficient (Wildman–Crippen LogP) is 0.372. The number of rotatable bonds is 6. The van der Waals surface area contributed by atoms with Crippen LogP contribution in [0.2, 0.25) is 0 Å². The Hall–Kier alpha value is -0.900. The molecule has 70 valence electrons. The molecule has 0 unspecified atom stereocenters. The number of aliphatic carboxylic acids is 1. The molecule has 1 N–H and O–H groups in total. The van der Waals surface area contributed by atoms with Gasteiger partial charge >= 0.3 is 5.97 Å². The summed E-state index contributed by atoms with van der Waals surface area (Å²) in [6.07, 6.45) is 0.0983. The molecule has 0 amide bonds. The molecule has 0 aliphatic rings. The van der Waals surface area contributed by atoms with Gasteiger partial charge in [0.25, 0.3) is 0 Å². The molecule has 0 radical (unpaired) electrons. The highest BCUT2D eigenvalue weighted by Gasteiger charge is 2.06. The average molecular weight is 173 g/mol. The summed E-state index contributed by atoms with van der Waals surface area (Å²) < 4.78 is 0. The van der Waals surface area contributed by atoms with Crippen LogP contribution in [0.1, 0.15) is 20.3 Å². The molecule has 0 aromatic rings. The molecule has 0 aliphatic carbocycles. The number of likely N-dealkylation sites (N-methyl/N-ethyl adjacent to an activating group) is 1. The van der Waals surface area contributed by atoms with Crippen LogP contribution in [0.4, 0.5) is 0 Å². The van der Waals surface area contributed by atoms with Gasteiger partial charge in [-0.05, 0) is 13.5 Å². The van der Waals surface area contributed by atoms with Crippen LogP contribution in [0.3, 0.4) is 0 Å². The highest BCUT2D eigenvalue weighted by atomic mass is 16.4. The second kappa shape index (κ2) is 5.71. The van der Waals surface area contributed by atoms with E-state index in [0.29, 0.717) is 19.6 Å². The summed E-state index contributed by atoms with van der Waals surface area (Å²) in [7, 11) is 0. The van der Waals surface area contributed by atoms with E-state index in [9.17, 15) is 9.59 Å². The van der Waals surface area contributed by atoms with Gasteiger partial charge in [0.05, 0.1) is 13.0 Å². The fourth-order valence-electron chi connectivity index (χ4n) is 0.918. The number of carbonyl (C=O) groups excluding carboxylic acids is 1. The lowest BCUT2D eigenvalue weighted by atomic mass is 10.3. The molecule has 4 heteroatoms. The molecule has 0 saturated carbocycles. The monoisotopic (exact) mass is 173 g/mol. The Morgan fingerprint density at radius 3 is 2.33 bits per heavy atom. The maximum absolute atomic E-state index is 10.7. The zero-order valence-electron chi connectivity index (χ0n) is 7.54. The van der Waals surface area contributed by atoms with E-state index < -0.39 is 5.97 Å². The summed E-state index contributed by atoms with van der Waals surface area (Å²) >= 11 is 0. The number of Topliss-reactive ketones (excluding diaryl/α,β-unsaturated/α-hetero) is 1. The molecular weight excluding hydrogens is 158 g/mol. The summed E-state index contributed by atoms with van der Waals surface area (Å²) in [5.41, 5.74) is 0. The van der Waals surface area contributed by atoms with Crippen molar-refractivity contribution in [1.82, 2.24) is 4.90 Å². The van der Waals surface area contributed by atoms with E-state index in [1.807, 2.05) is 11.8 Å². The Kier molecular flexibility index (Phi) is 5.28. The molecule has 0 spiro atoms. The third-order valence-corrected chi connectivity index (χ3v) is 1.54. The fourth-order valence-corrected chi connectivity index (χ4v) is 0.918. The van der Waals surface area contributed by atoms with Crippen LogP contribution in [0.15, 0.2) is 0 Å². The van der Waals surface area contributed by atoms with Crippen molar-refractivity contribution >= 4 is 11.8 Å². The SMILES string of the molecule is CCN(CCC(=O)O)CC(C)=O. The zero-order chi connectivity index (χ0) is 9.56. The minimum atomic E-state index is -0.822. The summed E-state index contributed by atoms with van der Waals surface area (Å²) in [4.78, 5) is 22.7. The van der Waals surface area contributed by atoms with E-state index in [-0.39, 0.29) is 12.2 Å². The standard InChI is InChI=1S/C8H15NO3/c1-3-9(6-7(2)10)5-4-8(11)12/h3-6H2,1-2H3,(H,11,12). The first-order valence-electron chi connectivity index (χ1n) is 3.99. The molecule has 0 rings (SSSR count). The van der Waals surface area contributed by atoms with E-state index in [0.717, 1.165) is 0 Å². The second-order valence-electron chi connectivity index (χ2n) is 2.71. The van der Waals surface area contributed by atoms with Gasteiger partial charge in [-0.1, -0.05) is 6.92 Å². The molecule has 0 atom stereocenters. The van der Waals surface area contributed by atoms with Crippen molar-refractivity contribution < 1.29 is 14.7 Å². The number of carbonyl (C=O) groups is 2. The number of hydrogen-bond acceptors (Lipinski definition) is 3. The van der Waals surface area contributed by atoms with Crippen LogP contribution in [-0.4, -0.2) is 41.4 Å². The molecule has 4 nitrogen and oxygen atoms in total. The van der Waals surface area contributed by atoms with Gasteiger partial charge in [0, 0.05) is 6.54 Å². The van der Waals surface area contributed by atoms with Gasteiger partial charge in [-0.3, -0.25) is 14.5 Å². The van der Waals surface area contributed by atoms with Gasteiger partial charge in [-0.15, -0.1) is 0 Å². The Labute approximate surface area is 72.2 Å². The topological polar surface area (TPSA) is 57.6 Å². The Morgan fingerprint density at radius 1 is 1.42 bits per heavy atom. The minimum Gasteiger partial charge on any atom is -0.481 e. The first-order chi connectivity index (χ1) is 5.56. The van der Waals surface area contributed by atoms with Crippen LogP contribution in [0, 0.1) is 0 Å². The number of carboxylic acid groups (broad SMARTS) is 1. The number of hydrogen-bond donors (Lipinski definition) is 1. The lowest BCUT2D eigenvalue weighted by molar-refractivity contribution is -0.137. The summed E-state index contributed by atoms with van der Waals surface area (Å²) in [6, 6.07) is 0. The van der Waals surface area contributed by atoms with Crippen LogP contribution in [-0.2, 0) is 9.59 Å². The van der Waals surface area contributed by atoms with Gasteiger partial charge in [0.2, 0.25) is 0 Å². The quantitative estimate of drug-likeness (QED) is 0.630. The lowest BCUT2D eigenvalue weighted by Gasteiger charge is -2.16. The summed E-state index contributed by atoms with van der Waals surface area (Å²) in [5.74, 6) is -0.751. The molecule has 0 aromatic carbocycles. The highest BCUT2D eigenvalue weighted by Crippen LogP contribution is 1.91. The van der Waals surface area contributed by atoms with E-state index >= 15 is 0 Å². The number of nitrogens with zero attached hydrogens (tertiary/aromatic N) is 1. The molecule has 0 heterocycles. The smallest absolute Gasteiger partial charge is 0.304 e. The average Bonchev–Trinajstić information content (AvgIpc) is 1.97. The van der Waals surface area contributed by atoms with Crippen molar-refractivity contribution in [1.29, 1.82) is 0 Å². The number of ketones is 1. The minimum absolute atomic E-state index is 0.0715. The summed E-state index contributed by atoms with van der Waals surface area (Å²) in [6.45, 7) is 4.93. The highest BCUT2D eigenvalue weighted by molar-refractivity contribution is 5.77. The second-order valence-corrected chi connectivity index (χ2v) is 2.71. The lowest BCUT2D eigenvalue weighted by Crippen LogP contribution is -2.30. The van der Waals surface area contributed by atoms with Gasteiger partial charge in [0.1, 0.15) is 5.78 Å². The van der Waals surface area contributed by atoms with Crippen LogP contribution in [0.25, 0.3) is 0 Å².